The SMILES string of the molecule is CCCCCCCCOc1cc2c(c(F)c1F)CC(C1=NC(F)N(CCCCCOCCCCCC)C=C1)CC2. The molecule has 0 saturated carbocycles. The summed E-state index contributed by atoms with van der Waals surface area (Å²) >= 11 is 0. The van der Waals surface area contributed by atoms with Crippen molar-refractivity contribution in [2.75, 3.05) is 26.4 Å². The van der Waals surface area contributed by atoms with E-state index in [1.807, 2.05) is 6.08 Å². The number of benzene rings is 1. The second-order valence-electron chi connectivity index (χ2n) is 11.3. The third-order valence-corrected chi connectivity index (χ3v) is 8.07. The van der Waals surface area contributed by atoms with E-state index >= 15 is 4.39 Å². The van der Waals surface area contributed by atoms with Crippen LogP contribution in [0.2, 0.25) is 0 Å². The number of aliphatic imine (C=N–C) groups is 1. The topological polar surface area (TPSA) is 34.1 Å². The number of hydrogen-bond donors (Lipinski definition) is 0. The van der Waals surface area contributed by atoms with Gasteiger partial charge in [0.25, 0.3) is 6.42 Å². The maximum atomic E-state index is 15.1. The molecule has 1 aromatic rings. The van der Waals surface area contributed by atoms with E-state index in [1.54, 1.807) is 17.2 Å². The first kappa shape index (κ1) is 32.5. The molecule has 2 atom stereocenters. The summed E-state index contributed by atoms with van der Waals surface area (Å²) in [5.74, 6) is -1.86. The van der Waals surface area contributed by atoms with Crippen LogP contribution in [0.5, 0.6) is 5.75 Å². The van der Waals surface area contributed by atoms with Gasteiger partial charge in [0, 0.05) is 37.6 Å². The van der Waals surface area contributed by atoms with Crippen molar-refractivity contribution in [3.05, 3.63) is 41.1 Å². The van der Waals surface area contributed by atoms with E-state index in [1.165, 1.54) is 38.5 Å². The zero-order valence-corrected chi connectivity index (χ0v) is 24.9. The molecule has 0 radical (unpaired) electrons. The lowest BCUT2D eigenvalue weighted by Crippen LogP contribution is -2.33. The van der Waals surface area contributed by atoms with Gasteiger partial charge in [-0.1, -0.05) is 65.2 Å². The van der Waals surface area contributed by atoms with Gasteiger partial charge in [0.05, 0.1) is 6.61 Å². The summed E-state index contributed by atoms with van der Waals surface area (Å²) in [4.78, 5) is 5.90. The van der Waals surface area contributed by atoms with Crippen LogP contribution in [0.4, 0.5) is 13.2 Å². The molecule has 40 heavy (non-hydrogen) atoms. The first-order valence-corrected chi connectivity index (χ1v) is 15.9. The summed E-state index contributed by atoms with van der Waals surface area (Å²) in [6, 6.07) is 1.66. The second-order valence-corrected chi connectivity index (χ2v) is 11.3. The molecule has 2 unspecified atom stereocenters. The van der Waals surface area contributed by atoms with Crippen LogP contribution >= 0.6 is 0 Å². The highest BCUT2D eigenvalue weighted by Crippen LogP contribution is 2.35. The lowest BCUT2D eigenvalue weighted by Gasteiger charge is -2.30. The molecule has 0 fully saturated rings. The van der Waals surface area contributed by atoms with Crippen molar-refractivity contribution in [1.29, 1.82) is 0 Å². The van der Waals surface area contributed by atoms with Gasteiger partial charge in [0.15, 0.2) is 11.6 Å². The molecule has 4 nitrogen and oxygen atoms in total. The molecule has 0 aromatic heterocycles. The van der Waals surface area contributed by atoms with Gasteiger partial charge in [0.1, 0.15) is 0 Å². The van der Waals surface area contributed by atoms with Crippen LogP contribution in [-0.4, -0.2) is 43.4 Å². The third-order valence-electron chi connectivity index (χ3n) is 8.07. The largest absolute Gasteiger partial charge is 0.490 e. The molecule has 0 saturated heterocycles. The molecule has 0 N–H and O–H groups in total. The molecule has 0 amide bonds. The molecule has 0 spiro atoms. The fourth-order valence-corrected chi connectivity index (χ4v) is 5.55. The van der Waals surface area contributed by atoms with Crippen LogP contribution in [0.3, 0.4) is 0 Å². The number of fused-ring (bicyclic) bond motifs is 1. The Morgan fingerprint density at radius 1 is 0.850 bits per heavy atom. The van der Waals surface area contributed by atoms with E-state index < -0.39 is 18.1 Å². The molecule has 2 aliphatic rings. The van der Waals surface area contributed by atoms with Crippen LogP contribution in [0.15, 0.2) is 23.3 Å². The Hall–Kier alpha value is -2.02. The highest BCUT2D eigenvalue weighted by molar-refractivity contribution is 5.97. The van der Waals surface area contributed by atoms with E-state index in [0.29, 0.717) is 37.3 Å². The Kier molecular flexibility index (Phi) is 15.0. The summed E-state index contributed by atoms with van der Waals surface area (Å²) in [5.41, 5.74) is 1.80. The molecule has 1 heterocycles. The van der Waals surface area contributed by atoms with Gasteiger partial charge < -0.3 is 14.4 Å². The number of nitrogens with zero attached hydrogens (tertiary/aromatic N) is 2. The van der Waals surface area contributed by atoms with E-state index in [2.05, 4.69) is 18.8 Å². The fourth-order valence-electron chi connectivity index (χ4n) is 5.55. The standard InChI is InChI=1S/C33H51F3N2O2/c1-3-5-7-9-10-15-23-40-30-25-26-16-17-27(24-28(26)31(34)32(30)35)29-18-20-38(33(36)37-29)19-12-11-14-22-39-21-13-8-6-4-2/h18,20,25,27,33H,3-17,19,21-24H2,1-2H3. The number of halogens is 3. The average Bonchev–Trinajstić information content (AvgIpc) is 2.96. The van der Waals surface area contributed by atoms with E-state index in [-0.39, 0.29) is 11.7 Å². The van der Waals surface area contributed by atoms with Crippen molar-refractivity contribution >= 4 is 5.71 Å². The minimum atomic E-state index is -1.43. The van der Waals surface area contributed by atoms with Gasteiger partial charge in [0.2, 0.25) is 5.82 Å². The third kappa shape index (κ3) is 10.4. The maximum Gasteiger partial charge on any atom is 0.266 e. The van der Waals surface area contributed by atoms with E-state index in [0.717, 1.165) is 70.1 Å². The van der Waals surface area contributed by atoms with Gasteiger partial charge >= 0.3 is 0 Å². The molecular weight excluding hydrogens is 513 g/mol. The van der Waals surface area contributed by atoms with E-state index in [9.17, 15) is 8.78 Å². The van der Waals surface area contributed by atoms with Crippen molar-refractivity contribution < 1.29 is 22.6 Å². The van der Waals surface area contributed by atoms with Crippen molar-refractivity contribution in [3.63, 3.8) is 0 Å². The molecule has 1 aliphatic heterocycles. The number of ether oxygens (including phenoxy) is 2. The molecule has 226 valence electrons. The molecule has 7 heteroatoms. The van der Waals surface area contributed by atoms with Gasteiger partial charge in [-0.05, 0) is 74.6 Å². The zero-order chi connectivity index (χ0) is 28.6. The predicted octanol–water partition coefficient (Wildman–Crippen LogP) is 9.10. The molecule has 0 bridgehead atoms. The number of hydrogen-bond acceptors (Lipinski definition) is 4. The van der Waals surface area contributed by atoms with Crippen molar-refractivity contribution in [1.82, 2.24) is 4.90 Å². The molecule has 1 aromatic carbocycles. The Bertz CT molecular complexity index is 937. The monoisotopic (exact) mass is 564 g/mol. The summed E-state index contributed by atoms with van der Waals surface area (Å²) < 4.78 is 56.0. The predicted molar refractivity (Wildman–Crippen MR) is 158 cm³/mol. The Labute approximate surface area is 240 Å². The van der Waals surface area contributed by atoms with Gasteiger partial charge in [-0.3, -0.25) is 0 Å². The van der Waals surface area contributed by atoms with Crippen LogP contribution in [-0.2, 0) is 17.6 Å². The quantitative estimate of drug-likeness (QED) is 0.117. The first-order valence-electron chi connectivity index (χ1n) is 15.9. The average molecular weight is 565 g/mol. The van der Waals surface area contributed by atoms with Gasteiger partial charge in [-0.25, -0.2) is 9.38 Å². The molecule has 1 aliphatic carbocycles. The molecule has 3 rings (SSSR count). The fraction of sp³-hybridized carbons (Fsp3) is 0.727. The van der Waals surface area contributed by atoms with Crippen molar-refractivity contribution in [3.8, 4) is 5.75 Å². The summed E-state index contributed by atoms with van der Waals surface area (Å²) in [6.45, 7) is 6.96. The zero-order valence-electron chi connectivity index (χ0n) is 24.9. The lowest BCUT2D eigenvalue weighted by molar-refractivity contribution is 0.119. The number of allylic oxidation sites excluding steroid dienone is 1. The number of aryl methyl sites for hydroxylation is 1. The summed E-state index contributed by atoms with van der Waals surface area (Å²) in [6.07, 6.45) is 18.2. The minimum absolute atomic E-state index is 0.0103. The van der Waals surface area contributed by atoms with Gasteiger partial charge in [-0.15, -0.1) is 0 Å². The highest BCUT2D eigenvalue weighted by atomic mass is 19.2. The maximum absolute atomic E-state index is 15.1. The number of unbranched alkanes of at least 4 members (excludes halogenated alkanes) is 10. The van der Waals surface area contributed by atoms with Crippen molar-refractivity contribution in [2.24, 2.45) is 10.9 Å². The summed E-state index contributed by atoms with van der Waals surface area (Å²) in [7, 11) is 0. The normalized spacial score (nSPS) is 18.6. The minimum Gasteiger partial charge on any atom is -0.490 e. The second kappa shape index (κ2) is 18.4. The van der Waals surface area contributed by atoms with Gasteiger partial charge in [-0.2, -0.15) is 8.78 Å². The first-order chi connectivity index (χ1) is 19.5. The lowest BCUT2D eigenvalue weighted by atomic mass is 9.80. The summed E-state index contributed by atoms with van der Waals surface area (Å²) in [5, 5.41) is 0. The number of alkyl halides is 1. The Morgan fingerprint density at radius 2 is 1.50 bits per heavy atom. The highest BCUT2D eigenvalue weighted by Gasteiger charge is 2.30. The molecular formula is C33H51F3N2O2. The smallest absolute Gasteiger partial charge is 0.266 e. The Balaban J connectivity index is 1.40. The van der Waals surface area contributed by atoms with Crippen LogP contribution in [0, 0.1) is 17.6 Å². The van der Waals surface area contributed by atoms with E-state index in [4.69, 9.17) is 9.47 Å². The van der Waals surface area contributed by atoms with Crippen LogP contribution in [0.1, 0.15) is 115 Å². The van der Waals surface area contributed by atoms with Crippen LogP contribution < -0.4 is 4.74 Å². The Morgan fingerprint density at radius 3 is 2.23 bits per heavy atom. The van der Waals surface area contributed by atoms with Crippen LogP contribution in [0.25, 0.3) is 0 Å². The van der Waals surface area contributed by atoms with Crippen molar-refractivity contribution in [2.45, 2.75) is 123 Å². The number of rotatable bonds is 20.